The van der Waals surface area contributed by atoms with Crippen molar-refractivity contribution in [2.24, 2.45) is 0 Å². The number of nitrogens with one attached hydrogen (secondary N) is 2. The molecule has 0 aromatic carbocycles. The lowest BCUT2D eigenvalue weighted by Crippen LogP contribution is -2.36. The molecule has 20 heavy (non-hydrogen) atoms. The van der Waals surface area contributed by atoms with Gasteiger partial charge in [0.25, 0.3) is 5.92 Å². The van der Waals surface area contributed by atoms with Crippen LogP contribution in [0.25, 0.3) is 0 Å². The van der Waals surface area contributed by atoms with Crippen molar-refractivity contribution in [2.75, 3.05) is 19.6 Å². The zero-order valence-corrected chi connectivity index (χ0v) is 11.7. The molecule has 0 aliphatic carbocycles. The van der Waals surface area contributed by atoms with E-state index < -0.39 is 5.92 Å². The predicted molar refractivity (Wildman–Crippen MR) is 74.1 cm³/mol. The first kappa shape index (κ1) is 14.9. The first-order valence-electron chi connectivity index (χ1n) is 6.78. The van der Waals surface area contributed by atoms with Crippen molar-refractivity contribution in [3.05, 3.63) is 41.9 Å². The quantitative estimate of drug-likeness (QED) is 0.785. The van der Waals surface area contributed by atoms with Crippen molar-refractivity contribution >= 4 is 0 Å². The number of hydrogen-bond acceptors (Lipinski definition) is 4. The summed E-state index contributed by atoms with van der Waals surface area (Å²) in [5, 5.41) is 5.16. The van der Waals surface area contributed by atoms with Crippen molar-refractivity contribution in [1.29, 1.82) is 0 Å². The predicted octanol–water partition coefficient (Wildman–Crippen LogP) is 2.18. The maximum Gasteiger partial charge on any atom is 0.286 e. The molecule has 0 bridgehead atoms. The lowest BCUT2D eigenvalue weighted by Gasteiger charge is -2.20. The van der Waals surface area contributed by atoms with Crippen molar-refractivity contribution < 1.29 is 8.78 Å². The molecule has 1 aliphatic heterocycles. The molecule has 110 valence electrons. The van der Waals surface area contributed by atoms with E-state index in [1.807, 2.05) is 17.3 Å². The number of alkyl halides is 2. The summed E-state index contributed by atoms with van der Waals surface area (Å²) in [4.78, 5) is 4.05. The molecule has 1 unspecified atom stereocenters. The number of likely N-dealkylation sites (N-methyl/N-ethyl adjacent to an activating group) is 1. The Hall–Kier alpha value is -1.53. The first-order chi connectivity index (χ1) is 9.50. The van der Waals surface area contributed by atoms with Gasteiger partial charge < -0.3 is 10.3 Å². The third kappa shape index (κ3) is 3.74. The Balaban J connectivity index is 1.99. The van der Waals surface area contributed by atoms with Crippen LogP contribution in [-0.2, 0) is 5.92 Å². The van der Waals surface area contributed by atoms with E-state index in [0.29, 0.717) is 5.69 Å². The Labute approximate surface area is 117 Å². The summed E-state index contributed by atoms with van der Waals surface area (Å²) >= 11 is 0. The van der Waals surface area contributed by atoms with Gasteiger partial charge in [-0.25, -0.2) is 10.4 Å². The van der Waals surface area contributed by atoms with E-state index in [2.05, 4.69) is 22.7 Å². The zero-order valence-electron chi connectivity index (χ0n) is 11.7. The second-order valence-electron chi connectivity index (χ2n) is 4.83. The summed E-state index contributed by atoms with van der Waals surface area (Å²) in [7, 11) is 0. The Kier molecular flexibility index (Phi) is 4.67. The number of pyridine rings is 1. The van der Waals surface area contributed by atoms with Crippen molar-refractivity contribution in [1.82, 2.24) is 20.7 Å². The van der Waals surface area contributed by atoms with Gasteiger partial charge in [-0.2, -0.15) is 8.78 Å². The van der Waals surface area contributed by atoms with Crippen LogP contribution in [0.1, 0.15) is 31.3 Å². The molecular formula is C14H20F2N4. The van der Waals surface area contributed by atoms with Crippen LogP contribution in [0.15, 0.2) is 30.5 Å². The van der Waals surface area contributed by atoms with Crippen molar-refractivity contribution in [3.63, 3.8) is 0 Å². The van der Waals surface area contributed by atoms with Gasteiger partial charge in [0.2, 0.25) is 0 Å². The number of hydrogen-bond donors (Lipinski definition) is 2. The van der Waals surface area contributed by atoms with E-state index in [4.69, 9.17) is 0 Å². The molecule has 0 spiro atoms. The van der Waals surface area contributed by atoms with Gasteiger partial charge in [0.05, 0.1) is 11.7 Å². The maximum absolute atomic E-state index is 13.3. The van der Waals surface area contributed by atoms with E-state index in [9.17, 15) is 8.78 Å². The highest BCUT2D eigenvalue weighted by molar-refractivity contribution is 5.21. The van der Waals surface area contributed by atoms with Crippen LogP contribution in [-0.4, -0.2) is 29.6 Å². The van der Waals surface area contributed by atoms with E-state index in [-0.39, 0.29) is 11.7 Å². The van der Waals surface area contributed by atoms with Gasteiger partial charge >= 0.3 is 0 Å². The summed E-state index contributed by atoms with van der Waals surface area (Å²) < 4.78 is 26.6. The second kappa shape index (κ2) is 6.28. The Morgan fingerprint density at radius 2 is 2.25 bits per heavy atom. The number of nitrogens with zero attached hydrogens (tertiary/aromatic N) is 2. The van der Waals surface area contributed by atoms with Crippen LogP contribution in [0.3, 0.4) is 0 Å². The van der Waals surface area contributed by atoms with Gasteiger partial charge in [0, 0.05) is 26.2 Å². The van der Waals surface area contributed by atoms with Crippen LogP contribution < -0.4 is 10.7 Å². The summed E-state index contributed by atoms with van der Waals surface area (Å²) in [5.74, 6) is -2.91. The van der Waals surface area contributed by atoms with Gasteiger partial charge in [-0.3, -0.25) is 0 Å². The lowest BCUT2D eigenvalue weighted by atomic mass is 10.1. The van der Waals surface area contributed by atoms with E-state index in [1.165, 1.54) is 6.07 Å². The molecule has 0 amide bonds. The maximum atomic E-state index is 13.3. The van der Waals surface area contributed by atoms with E-state index in [0.717, 1.165) is 26.6 Å². The van der Waals surface area contributed by atoms with Crippen LogP contribution in [0.5, 0.6) is 0 Å². The molecule has 2 heterocycles. The fraction of sp³-hybridized carbons (Fsp3) is 0.500. The number of halogens is 2. The molecule has 6 heteroatoms. The molecule has 2 N–H and O–H groups in total. The Bertz CT molecular complexity index is 470. The van der Waals surface area contributed by atoms with Gasteiger partial charge in [0.15, 0.2) is 0 Å². The molecule has 1 aromatic rings. The first-order valence-corrected chi connectivity index (χ1v) is 6.78. The molecular weight excluding hydrogens is 262 g/mol. The highest BCUT2D eigenvalue weighted by atomic mass is 19.3. The average molecular weight is 282 g/mol. The molecule has 1 atom stereocenters. The van der Waals surface area contributed by atoms with Crippen molar-refractivity contribution in [3.8, 4) is 0 Å². The van der Waals surface area contributed by atoms with Crippen molar-refractivity contribution in [2.45, 2.75) is 25.8 Å². The Morgan fingerprint density at radius 1 is 1.45 bits per heavy atom. The third-order valence-electron chi connectivity index (χ3n) is 3.08. The highest BCUT2D eigenvalue weighted by Gasteiger charge is 2.27. The lowest BCUT2D eigenvalue weighted by molar-refractivity contribution is 0.0125. The molecule has 2 rings (SSSR count). The minimum absolute atomic E-state index is 0.154. The molecule has 0 radical (unpaired) electrons. The summed E-state index contributed by atoms with van der Waals surface area (Å²) in [5.41, 5.74) is 3.62. The van der Waals surface area contributed by atoms with E-state index in [1.54, 1.807) is 12.1 Å². The van der Waals surface area contributed by atoms with E-state index >= 15 is 0 Å². The standard InChI is InChI=1S/C14H20F2N4/c1-3-17-8-10-20-9-7-12(19-20)11-5-4-6-13(18-11)14(2,15)16/h4-7,9,12,17,19H,3,8,10H2,1-2H3. The zero-order chi connectivity index (χ0) is 14.6. The summed E-state index contributed by atoms with van der Waals surface area (Å²) in [6.45, 7) is 5.51. The molecule has 0 saturated heterocycles. The number of aromatic nitrogens is 1. The monoisotopic (exact) mass is 282 g/mol. The molecule has 0 saturated carbocycles. The second-order valence-corrected chi connectivity index (χ2v) is 4.83. The minimum atomic E-state index is -2.91. The van der Waals surface area contributed by atoms with Gasteiger partial charge in [0.1, 0.15) is 5.69 Å². The van der Waals surface area contributed by atoms with Gasteiger partial charge in [-0.1, -0.05) is 13.0 Å². The van der Waals surface area contributed by atoms with Crippen LogP contribution in [0.2, 0.25) is 0 Å². The van der Waals surface area contributed by atoms with Crippen LogP contribution in [0, 0.1) is 0 Å². The topological polar surface area (TPSA) is 40.2 Å². The normalized spacial score (nSPS) is 18.8. The van der Waals surface area contributed by atoms with Gasteiger partial charge in [-0.15, -0.1) is 0 Å². The SMILES string of the molecule is CCNCCN1C=CC(c2cccc(C(C)(F)F)n2)N1. The fourth-order valence-corrected chi connectivity index (χ4v) is 2.00. The third-order valence-corrected chi connectivity index (χ3v) is 3.08. The molecule has 1 aliphatic rings. The molecule has 1 aromatic heterocycles. The number of hydrazine groups is 1. The average Bonchev–Trinajstić information content (AvgIpc) is 2.87. The highest BCUT2D eigenvalue weighted by Crippen LogP contribution is 2.27. The smallest absolute Gasteiger partial charge is 0.286 e. The van der Waals surface area contributed by atoms with Gasteiger partial charge in [-0.05, 0) is 24.8 Å². The molecule has 4 nitrogen and oxygen atoms in total. The Morgan fingerprint density at radius 3 is 2.95 bits per heavy atom. The van der Waals surface area contributed by atoms with Crippen LogP contribution in [0.4, 0.5) is 8.78 Å². The van der Waals surface area contributed by atoms with Crippen LogP contribution >= 0.6 is 0 Å². The fourth-order valence-electron chi connectivity index (χ4n) is 2.00. The number of rotatable bonds is 6. The largest absolute Gasteiger partial charge is 0.315 e. The summed E-state index contributed by atoms with van der Waals surface area (Å²) in [6.07, 6.45) is 3.84. The molecule has 0 fully saturated rings. The minimum Gasteiger partial charge on any atom is -0.315 e. The summed E-state index contributed by atoms with van der Waals surface area (Å²) in [6, 6.07) is 4.57.